The zero-order valence-electron chi connectivity index (χ0n) is 11.4. The van der Waals surface area contributed by atoms with E-state index in [1.807, 2.05) is 18.2 Å². The molecule has 5 heteroatoms. The topological polar surface area (TPSA) is 64.1 Å². The van der Waals surface area contributed by atoms with E-state index in [4.69, 9.17) is 4.74 Å². The Labute approximate surface area is 118 Å². The van der Waals surface area contributed by atoms with Crippen molar-refractivity contribution in [3.8, 4) is 5.75 Å². The van der Waals surface area contributed by atoms with Gasteiger partial charge < -0.3 is 10.1 Å². The molecule has 1 amide bonds. The summed E-state index contributed by atoms with van der Waals surface area (Å²) in [5, 5.41) is 2.87. The van der Waals surface area contributed by atoms with Crippen molar-refractivity contribution < 1.29 is 9.53 Å². The normalized spacial score (nSPS) is 10.1. The number of nitrogens with one attached hydrogen (secondary N) is 1. The van der Waals surface area contributed by atoms with Gasteiger partial charge in [0.05, 0.1) is 13.3 Å². The quantitative estimate of drug-likeness (QED) is 0.869. The second-order valence-corrected chi connectivity index (χ2v) is 4.37. The first-order valence-corrected chi connectivity index (χ1v) is 6.41. The number of hydrogen-bond acceptors (Lipinski definition) is 4. The molecule has 0 aliphatic heterocycles. The number of nitrogens with zero attached hydrogens (tertiary/aromatic N) is 2. The number of aryl methyl sites for hydroxylation is 1. The Morgan fingerprint density at radius 2 is 2.00 bits per heavy atom. The van der Waals surface area contributed by atoms with E-state index in [-0.39, 0.29) is 5.91 Å². The number of hydrogen-bond donors (Lipinski definition) is 1. The highest BCUT2D eigenvalue weighted by atomic mass is 16.5. The van der Waals surface area contributed by atoms with Gasteiger partial charge in [-0.3, -0.25) is 14.8 Å². The summed E-state index contributed by atoms with van der Waals surface area (Å²) in [5.41, 5.74) is 2.03. The lowest BCUT2D eigenvalue weighted by Crippen LogP contribution is -2.23. The number of ether oxygens (including phenoxy) is 1. The Balaban J connectivity index is 1.77. The van der Waals surface area contributed by atoms with Gasteiger partial charge in [0.1, 0.15) is 5.75 Å². The molecule has 0 bridgehead atoms. The van der Waals surface area contributed by atoms with Crippen LogP contribution in [0.15, 0.2) is 43.0 Å². The molecule has 104 valence electrons. The van der Waals surface area contributed by atoms with Gasteiger partial charge in [-0.2, -0.15) is 0 Å². The van der Waals surface area contributed by atoms with Crippen molar-refractivity contribution in [1.29, 1.82) is 0 Å². The molecule has 1 N–H and O–H groups in total. The lowest BCUT2D eigenvalue weighted by Gasteiger charge is -2.06. The highest BCUT2D eigenvalue weighted by Crippen LogP contribution is 2.10. The average molecular weight is 271 g/mol. The summed E-state index contributed by atoms with van der Waals surface area (Å²) in [5.74, 6) is 0.707. The first kappa shape index (κ1) is 14.0. The predicted octanol–water partition coefficient (Wildman–Crippen LogP) is 1.73. The van der Waals surface area contributed by atoms with Crippen LogP contribution >= 0.6 is 0 Å². The Morgan fingerprint density at radius 3 is 2.75 bits per heavy atom. The summed E-state index contributed by atoms with van der Waals surface area (Å²) < 4.78 is 5.09. The molecule has 0 radical (unpaired) electrons. The molecular weight excluding hydrogens is 254 g/mol. The van der Waals surface area contributed by atoms with Crippen LogP contribution in [-0.2, 0) is 17.8 Å². The third-order valence-corrected chi connectivity index (χ3v) is 2.89. The van der Waals surface area contributed by atoms with Crippen LogP contribution in [-0.4, -0.2) is 23.0 Å². The van der Waals surface area contributed by atoms with Crippen LogP contribution < -0.4 is 10.1 Å². The summed E-state index contributed by atoms with van der Waals surface area (Å²) in [7, 11) is 1.59. The van der Waals surface area contributed by atoms with E-state index in [2.05, 4.69) is 15.3 Å². The summed E-state index contributed by atoms with van der Waals surface area (Å²) in [6, 6.07) is 5.69. The Kier molecular flexibility index (Phi) is 5.06. The van der Waals surface area contributed by atoms with Crippen LogP contribution in [0.3, 0.4) is 0 Å². The van der Waals surface area contributed by atoms with Crippen LogP contribution in [0.5, 0.6) is 5.75 Å². The number of methoxy groups -OCH3 is 1. The number of pyridine rings is 2. The molecule has 0 fully saturated rings. The molecule has 0 aliphatic rings. The fourth-order valence-corrected chi connectivity index (χ4v) is 1.77. The predicted molar refractivity (Wildman–Crippen MR) is 75.2 cm³/mol. The summed E-state index contributed by atoms with van der Waals surface area (Å²) in [4.78, 5) is 19.8. The van der Waals surface area contributed by atoms with Gasteiger partial charge in [-0.25, -0.2) is 0 Å². The second kappa shape index (κ2) is 7.23. The van der Waals surface area contributed by atoms with E-state index >= 15 is 0 Å². The largest absolute Gasteiger partial charge is 0.495 e. The van der Waals surface area contributed by atoms with Gasteiger partial charge in [0.15, 0.2) is 0 Å². The highest BCUT2D eigenvalue weighted by molar-refractivity contribution is 5.76. The Morgan fingerprint density at radius 1 is 1.20 bits per heavy atom. The first-order chi connectivity index (χ1) is 9.78. The van der Waals surface area contributed by atoms with Crippen LogP contribution in [0.2, 0.25) is 0 Å². The van der Waals surface area contributed by atoms with Gasteiger partial charge in [0.2, 0.25) is 5.91 Å². The molecule has 2 heterocycles. The molecule has 0 spiro atoms. The van der Waals surface area contributed by atoms with Gasteiger partial charge in [-0.05, 0) is 35.7 Å². The van der Waals surface area contributed by atoms with Crippen LogP contribution in [0.4, 0.5) is 0 Å². The number of carbonyl (C=O) groups excluding carboxylic acids is 1. The molecule has 0 saturated heterocycles. The SMILES string of the molecule is COc1cncc(CNC(=O)CCc2ccncc2)c1. The van der Waals surface area contributed by atoms with Crippen molar-refractivity contribution in [2.75, 3.05) is 7.11 Å². The monoisotopic (exact) mass is 271 g/mol. The molecule has 2 rings (SSSR count). The lowest BCUT2D eigenvalue weighted by molar-refractivity contribution is -0.121. The van der Waals surface area contributed by atoms with E-state index in [1.165, 1.54) is 0 Å². The fourth-order valence-electron chi connectivity index (χ4n) is 1.77. The van der Waals surface area contributed by atoms with Crippen LogP contribution in [0.25, 0.3) is 0 Å². The van der Waals surface area contributed by atoms with Crippen molar-refractivity contribution in [3.63, 3.8) is 0 Å². The van der Waals surface area contributed by atoms with Gasteiger partial charge in [-0.15, -0.1) is 0 Å². The second-order valence-electron chi connectivity index (χ2n) is 4.37. The molecule has 2 aromatic rings. The number of aromatic nitrogens is 2. The first-order valence-electron chi connectivity index (χ1n) is 6.41. The molecule has 0 saturated carbocycles. The van der Waals surface area contributed by atoms with Gasteiger partial charge in [0, 0.05) is 31.6 Å². The Bertz CT molecular complexity index is 558. The van der Waals surface area contributed by atoms with E-state index in [1.54, 1.807) is 31.9 Å². The molecule has 0 unspecified atom stereocenters. The van der Waals surface area contributed by atoms with Crippen LogP contribution in [0.1, 0.15) is 17.5 Å². The summed E-state index contributed by atoms with van der Waals surface area (Å²) in [6.45, 7) is 0.458. The van der Waals surface area contributed by atoms with E-state index in [0.717, 1.165) is 11.1 Å². The smallest absolute Gasteiger partial charge is 0.220 e. The number of carbonyl (C=O) groups is 1. The standard InChI is InChI=1S/C15H17N3O2/c1-20-14-8-13(9-17-11-14)10-18-15(19)3-2-12-4-6-16-7-5-12/h4-9,11H,2-3,10H2,1H3,(H,18,19). The lowest BCUT2D eigenvalue weighted by atomic mass is 10.1. The zero-order valence-corrected chi connectivity index (χ0v) is 11.4. The maximum absolute atomic E-state index is 11.8. The van der Waals surface area contributed by atoms with Gasteiger partial charge in [-0.1, -0.05) is 0 Å². The van der Waals surface area contributed by atoms with Gasteiger partial charge >= 0.3 is 0 Å². The molecule has 0 atom stereocenters. The highest BCUT2D eigenvalue weighted by Gasteiger charge is 2.03. The van der Waals surface area contributed by atoms with Crippen molar-refractivity contribution in [3.05, 3.63) is 54.1 Å². The molecule has 5 nitrogen and oxygen atoms in total. The van der Waals surface area contributed by atoms with Crippen LogP contribution in [0, 0.1) is 0 Å². The molecular formula is C15H17N3O2. The van der Waals surface area contributed by atoms with Crippen molar-refractivity contribution in [2.45, 2.75) is 19.4 Å². The van der Waals surface area contributed by atoms with Crippen molar-refractivity contribution in [1.82, 2.24) is 15.3 Å². The van der Waals surface area contributed by atoms with E-state index in [0.29, 0.717) is 25.1 Å². The number of rotatable bonds is 6. The van der Waals surface area contributed by atoms with E-state index < -0.39 is 0 Å². The van der Waals surface area contributed by atoms with Gasteiger partial charge in [0.25, 0.3) is 0 Å². The fraction of sp³-hybridized carbons (Fsp3) is 0.267. The van der Waals surface area contributed by atoms with E-state index in [9.17, 15) is 4.79 Å². The molecule has 20 heavy (non-hydrogen) atoms. The zero-order chi connectivity index (χ0) is 14.2. The molecule has 0 aromatic carbocycles. The van der Waals surface area contributed by atoms with Crippen molar-refractivity contribution in [2.24, 2.45) is 0 Å². The maximum atomic E-state index is 11.8. The minimum absolute atomic E-state index is 0.0182. The summed E-state index contributed by atoms with van der Waals surface area (Å²) in [6.07, 6.45) is 7.98. The average Bonchev–Trinajstić information content (AvgIpc) is 2.52. The molecule has 0 aliphatic carbocycles. The third-order valence-electron chi connectivity index (χ3n) is 2.89. The Hall–Kier alpha value is -2.43. The minimum Gasteiger partial charge on any atom is -0.495 e. The maximum Gasteiger partial charge on any atom is 0.220 e. The summed E-state index contributed by atoms with van der Waals surface area (Å²) >= 11 is 0. The molecule has 2 aromatic heterocycles. The minimum atomic E-state index is 0.0182. The van der Waals surface area contributed by atoms with Crippen molar-refractivity contribution >= 4 is 5.91 Å². The number of amides is 1. The third kappa shape index (κ3) is 4.35.